The minimum absolute atomic E-state index is 0.0735. The van der Waals surface area contributed by atoms with Crippen molar-refractivity contribution in [1.29, 1.82) is 0 Å². The maximum Gasteiger partial charge on any atom is 0.271 e. The van der Waals surface area contributed by atoms with Crippen molar-refractivity contribution in [3.05, 3.63) is 185 Å². The maximum atomic E-state index is 14.9. The van der Waals surface area contributed by atoms with Crippen molar-refractivity contribution >= 4 is 39.0 Å². The standard InChI is InChI=1S/C45H34BrN3O3S/c1-51-38-24-18-31(26-39(38)52-2)43-36-23-17-28-11-9-10-16-35(28)41(36)47-45-49(43)44(50)40(53-45)27-32-25-37(29-12-5-3-6-13-29)48(34-21-19-33(46)20-22-34)42(32)30-14-7-4-8-15-30/h3-16,18-22,24-27,43H,17,23H2,1-2H3/b40-27+/t43-/m1/s1. The normalized spacial score (nSPS) is 15.0. The number of hydrogen-bond donors (Lipinski definition) is 0. The highest BCUT2D eigenvalue weighted by atomic mass is 79.9. The van der Waals surface area contributed by atoms with Crippen LogP contribution in [0, 0.1) is 0 Å². The molecular weight excluding hydrogens is 742 g/mol. The highest BCUT2D eigenvalue weighted by molar-refractivity contribution is 9.10. The van der Waals surface area contributed by atoms with Crippen molar-refractivity contribution in [2.75, 3.05) is 14.2 Å². The predicted molar refractivity (Wildman–Crippen MR) is 217 cm³/mol. The van der Waals surface area contributed by atoms with Crippen LogP contribution in [0.1, 0.15) is 34.7 Å². The molecule has 0 radical (unpaired) electrons. The van der Waals surface area contributed by atoms with Gasteiger partial charge in [-0.1, -0.05) is 118 Å². The average Bonchev–Trinajstić information content (AvgIpc) is 3.74. The quantitative estimate of drug-likeness (QED) is 0.162. The molecule has 1 aliphatic heterocycles. The number of benzene rings is 5. The van der Waals surface area contributed by atoms with Gasteiger partial charge in [-0.15, -0.1) is 0 Å². The number of aromatic nitrogens is 2. The Morgan fingerprint density at radius 1 is 0.774 bits per heavy atom. The molecule has 0 N–H and O–H groups in total. The van der Waals surface area contributed by atoms with Crippen molar-refractivity contribution in [1.82, 2.24) is 9.13 Å². The predicted octanol–water partition coefficient (Wildman–Crippen LogP) is 9.22. The van der Waals surface area contributed by atoms with Gasteiger partial charge < -0.3 is 14.0 Å². The zero-order valence-corrected chi connectivity index (χ0v) is 31.5. The van der Waals surface area contributed by atoms with Crippen LogP contribution in [0.2, 0.25) is 0 Å². The summed E-state index contributed by atoms with van der Waals surface area (Å²) in [4.78, 5) is 20.8. The van der Waals surface area contributed by atoms with Gasteiger partial charge in [0.25, 0.3) is 5.56 Å². The molecule has 0 bridgehead atoms. The molecule has 1 aliphatic carbocycles. The second-order valence-corrected chi connectivity index (χ2v) is 15.0. The van der Waals surface area contributed by atoms with Crippen LogP contribution in [0.3, 0.4) is 0 Å². The molecular formula is C45H34BrN3O3S. The Bertz CT molecular complexity index is 2730. The molecule has 260 valence electrons. The number of thiazole rings is 1. The van der Waals surface area contributed by atoms with Crippen molar-refractivity contribution in [3.8, 4) is 39.7 Å². The van der Waals surface area contributed by atoms with E-state index in [1.165, 1.54) is 16.9 Å². The lowest BCUT2D eigenvalue weighted by molar-refractivity contribution is 0.354. The van der Waals surface area contributed by atoms with E-state index in [0.717, 1.165) is 73.5 Å². The summed E-state index contributed by atoms with van der Waals surface area (Å²) in [6, 6.07) is 45.4. The van der Waals surface area contributed by atoms with Gasteiger partial charge in [0.05, 0.1) is 41.9 Å². The zero-order valence-electron chi connectivity index (χ0n) is 29.1. The lowest BCUT2D eigenvalue weighted by Crippen LogP contribution is -2.38. The van der Waals surface area contributed by atoms with E-state index in [1.54, 1.807) is 14.2 Å². The average molecular weight is 777 g/mol. The number of nitrogens with zero attached hydrogens (tertiary/aromatic N) is 3. The minimum Gasteiger partial charge on any atom is -0.493 e. The zero-order chi connectivity index (χ0) is 36.1. The first kappa shape index (κ1) is 33.2. The van der Waals surface area contributed by atoms with E-state index in [0.29, 0.717) is 20.8 Å². The smallest absolute Gasteiger partial charge is 0.271 e. The summed E-state index contributed by atoms with van der Waals surface area (Å²) < 4.78 is 17.1. The molecule has 3 heterocycles. The Balaban J connectivity index is 1.32. The van der Waals surface area contributed by atoms with E-state index < -0.39 is 0 Å². The first-order valence-electron chi connectivity index (χ1n) is 17.5. The largest absolute Gasteiger partial charge is 0.493 e. The van der Waals surface area contributed by atoms with Crippen LogP contribution in [-0.2, 0) is 6.42 Å². The SMILES string of the molecule is COc1ccc([C@@H]2C3=C(N=c4s/c(=C/c5cc(-c6ccccc6)n(-c6ccc(Br)cc6)c5-c5ccccc5)c(=O)n42)c2ccccc2CC3)cc1OC. The van der Waals surface area contributed by atoms with Crippen molar-refractivity contribution < 1.29 is 9.47 Å². The van der Waals surface area contributed by atoms with E-state index >= 15 is 0 Å². The molecule has 2 aliphatic rings. The van der Waals surface area contributed by atoms with E-state index in [9.17, 15) is 4.79 Å². The number of hydrogen-bond acceptors (Lipinski definition) is 5. The molecule has 0 amide bonds. The molecule has 6 nitrogen and oxygen atoms in total. The number of fused-ring (bicyclic) bond motifs is 3. The first-order valence-corrected chi connectivity index (χ1v) is 19.1. The molecule has 5 aromatic carbocycles. The molecule has 0 saturated heterocycles. The molecule has 53 heavy (non-hydrogen) atoms. The first-order chi connectivity index (χ1) is 26.0. The van der Waals surface area contributed by atoms with Gasteiger partial charge in [0.1, 0.15) is 0 Å². The van der Waals surface area contributed by atoms with Gasteiger partial charge in [-0.25, -0.2) is 4.99 Å². The molecule has 0 spiro atoms. The summed E-state index contributed by atoms with van der Waals surface area (Å²) in [5.74, 6) is 1.27. The second-order valence-electron chi connectivity index (χ2n) is 13.1. The monoisotopic (exact) mass is 775 g/mol. The molecule has 0 unspecified atom stereocenters. The molecule has 2 aromatic heterocycles. The molecule has 0 fully saturated rings. The lowest BCUT2D eigenvalue weighted by Gasteiger charge is -2.31. The summed E-state index contributed by atoms with van der Waals surface area (Å²) in [6.45, 7) is 0. The van der Waals surface area contributed by atoms with Crippen LogP contribution in [-0.4, -0.2) is 23.4 Å². The van der Waals surface area contributed by atoms with E-state index in [-0.39, 0.29) is 11.6 Å². The number of aryl methyl sites for hydroxylation is 1. The van der Waals surface area contributed by atoms with Gasteiger partial charge in [0.2, 0.25) is 0 Å². The summed E-state index contributed by atoms with van der Waals surface area (Å²) >= 11 is 5.06. The van der Waals surface area contributed by atoms with E-state index in [2.05, 4.69) is 130 Å². The van der Waals surface area contributed by atoms with Crippen LogP contribution in [0.4, 0.5) is 0 Å². The molecule has 9 rings (SSSR count). The fraction of sp³-hybridized carbons (Fsp3) is 0.111. The van der Waals surface area contributed by atoms with Gasteiger partial charge in [0, 0.05) is 21.3 Å². The van der Waals surface area contributed by atoms with Gasteiger partial charge in [-0.05, 0) is 89.2 Å². The molecule has 8 heteroatoms. The third-order valence-electron chi connectivity index (χ3n) is 10.1. The number of ether oxygens (including phenoxy) is 2. The topological polar surface area (TPSA) is 57.8 Å². The minimum atomic E-state index is -0.350. The fourth-order valence-corrected chi connectivity index (χ4v) is 8.95. The fourth-order valence-electron chi connectivity index (χ4n) is 7.70. The Morgan fingerprint density at radius 3 is 2.21 bits per heavy atom. The second kappa shape index (κ2) is 13.7. The van der Waals surface area contributed by atoms with Crippen LogP contribution in [0.25, 0.3) is 40.0 Å². The lowest BCUT2D eigenvalue weighted by atomic mass is 9.83. The van der Waals surface area contributed by atoms with Gasteiger partial charge in [0.15, 0.2) is 16.3 Å². The third kappa shape index (κ3) is 5.79. The van der Waals surface area contributed by atoms with Crippen LogP contribution >= 0.6 is 27.3 Å². The van der Waals surface area contributed by atoms with Crippen LogP contribution in [0.15, 0.2) is 153 Å². The summed E-state index contributed by atoms with van der Waals surface area (Å²) in [6.07, 6.45) is 3.73. The van der Waals surface area contributed by atoms with Gasteiger partial charge in [-0.3, -0.25) is 9.36 Å². The summed E-state index contributed by atoms with van der Waals surface area (Å²) in [5.41, 5.74) is 11.5. The van der Waals surface area contributed by atoms with Crippen LogP contribution in [0.5, 0.6) is 11.5 Å². The highest BCUT2D eigenvalue weighted by Gasteiger charge is 2.33. The van der Waals surface area contributed by atoms with Gasteiger partial charge in [-0.2, -0.15) is 0 Å². The Morgan fingerprint density at radius 2 is 1.47 bits per heavy atom. The maximum absolute atomic E-state index is 14.9. The summed E-state index contributed by atoms with van der Waals surface area (Å²) in [5, 5.41) is 0. The van der Waals surface area contributed by atoms with Gasteiger partial charge >= 0.3 is 0 Å². The van der Waals surface area contributed by atoms with Crippen molar-refractivity contribution in [3.63, 3.8) is 0 Å². The molecule has 0 saturated carbocycles. The third-order valence-corrected chi connectivity index (χ3v) is 11.6. The van der Waals surface area contributed by atoms with E-state index in [1.807, 2.05) is 34.9 Å². The number of allylic oxidation sites excluding steroid dienone is 1. The summed E-state index contributed by atoms with van der Waals surface area (Å²) in [7, 11) is 3.28. The highest BCUT2D eigenvalue weighted by Crippen LogP contribution is 2.43. The molecule has 1 atom stereocenters. The number of rotatable bonds is 7. The van der Waals surface area contributed by atoms with E-state index in [4.69, 9.17) is 14.5 Å². The Hall–Kier alpha value is -5.70. The Labute approximate surface area is 319 Å². The Kier molecular flexibility index (Phi) is 8.57. The number of methoxy groups -OCH3 is 2. The van der Waals surface area contributed by atoms with Crippen molar-refractivity contribution in [2.24, 2.45) is 4.99 Å². The number of halogens is 1. The van der Waals surface area contributed by atoms with Crippen LogP contribution < -0.4 is 24.4 Å². The van der Waals surface area contributed by atoms with Crippen molar-refractivity contribution in [2.45, 2.75) is 18.9 Å². The molecule has 7 aromatic rings.